The number of halogens is 1. The Morgan fingerprint density at radius 2 is 1.86 bits per heavy atom. The second-order valence-corrected chi connectivity index (χ2v) is 5.13. The first-order valence-electron chi connectivity index (χ1n) is 7.03. The summed E-state index contributed by atoms with van der Waals surface area (Å²) >= 11 is 0. The largest absolute Gasteiger partial charge is 0.487 e. The number of hydrogen-bond acceptors (Lipinski definition) is 3. The van der Waals surface area contributed by atoms with Crippen LogP contribution in [0.2, 0.25) is 0 Å². The number of rotatable bonds is 4. The first-order valence-corrected chi connectivity index (χ1v) is 7.03. The molecule has 1 heterocycles. The lowest BCUT2D eigenvalue weighted by atomic mass is 10.2. The number of aromatic nitrogens is 1. The van der Waals surface area contributed by atoms with Crippen LogP contribution in [-0.2, 0) is 6.61 Å². The molecule has 22 heavy (non-hydrogen) atoms. The summed E-state index contributed by atoms with van der Waals surface area (Å²) in [4.78, 5) is 4.43. The SMILES string of the molecule is Cc1cccc(OCc2nc(-c3ccc(F)cc3)oc2C)c1. The molecule has 0 fully saturated rings. The highest BCUT2D eigenvalue weighted by Crippen LogP contribution is 2.23. The van der Waals surface area contributed by atoms with Crippen molar-refractivity contribution < 1.29 is 13.5 Å². The first-order chi connectivity index (χ1) is 10.6. The van der Waals surface area contributed by atoms with Crippen LogP contribution in [0.3, 0.4) is 0 Å². The van der Waals surface area contributed by atoms with Crippen molar-refractivity contribution in [2.45, 2.75) is 20.5 Å². The predicted molar refractivity (Wildman–Crippen MR) is 82.1 cm³/mol. The smallest absolute Gasteiger partial charge is 0.226 e. The zero-order valence-corrected chi connectivity index (χ0v) is 12.5. The first kappa shape index (κ1) is 14.3. The summed E-state index contributed by atoms with van der Waals surface area (Å²) in [6.45, 7) is 4.19. The summed E-state index contributed by atoms with van der Waals surface area (Å²) in [5.41, 5.74) is 2.62. The van der Waals surface area contributed by atoms with Gasteiger partial charge in [-0.1, -0.05) is 12.1 Å². The number of nitrogens with zero attached hydrogens (tertiary/aromatic N) is 1. The van der Waals surface area contributed by atoms with E-state index in [4.69, 9.17) is 9.15 Å². The molecular formula is C18H16FNO2. The van der Waals surface area contributed by atoms with Crippen LogP contribution in [0.5, 0.6) is 5.75 Å². The van der Waals surface area contributed by atoms with Crippen LogP contribution in [0.25, 0.3) is 11.5 Å². The Hall–Kier alpha value is -2.62. The molecule has 0 unspecified atom stereocenters. The quantitative estimate of drug-likeness (QED) is 0.701. The molecule has 0 aliphatic heterocycles. The van der Waals surface area contributed by atoms with Crippen LogP contribution in [0, 0.1) is 19.7 Å². The van der Waals surface area contributed by atoms with E-state index in [9.17, 15) is 4.39 Å². The van der Waals surface area contributed by atoms with Gasteiger partial charge in [0.05, 0.1) is 0 Å². The standard InChI is InChI=1S/C18H16FNO2/c1-12-4-3-5-16(10-12)21-11-17-13(2)22-18(20-17)14-6-8-15(19)9-7-14/h3-10H,11H2,1-2H3. The second kappa shape index (κ2) is 6.02. The van der Waals surface area contributed by atoms with E-state index < -0.39 is 0 Å². The number of aryl methyl sites for hydroxylation is 2. The highest BCUT2D eigenvalue weighted by atomic mass is 19.1. The summed E-state index contributed by atoms with van der Waals surface area (Å²) < 4.78 is 24.3. The second-order valence-electron chi connectivity index (χ2n) is 5.13. The average Bonchev–Trinajstić information content (AvgIpc) is 2.87. The highest BCUT2D eigenvalue weighted by Gasteiger charge is 2.12. The normalized spacial score (nSPS) is 10.7. The van der Waals surface area contributed by atoms with Gasteiger partial charge < -0.3 is 9.15 Å². The molecule has 0 spiro atoms. The third-order valence-electron chi connectivity index (χ3n) is 3.35. The Bertz CT molecular complexity index is 778. The molecule has 3 aromatic rings. The molecule has 2 aromatic carbocycles. The van der Waals surface area contributed by atoms with Gasteiger partial charge in [0.25, 0.3) is 0 Å². The zero-order valence-electron chi connectivity index (χ0n) is 12.5. The van der Waals surface area contributed by atoms with Gasteiger partial charge in [-0.15, -0.1) is 0 Å². The Kier molecular flexibility index (Phi) is 3.92. The molecule has 0 aliphatic rings. The Morgan fingerprint density at radius 1 is 1.09 bits per heavy atom. The fourth-order valence-corrected chi connectivity index (χ4v) is 2.13. The maximum atomic E-state index is 13.0. The molecule has 4 heteroatoms. The van der Waals surface area contributed by atoms with Crippen LogP contribution >= 0.6 is 0 Å². The van der Waals surface area contributed by atoms with Crippen molar-refractivity contribution >= 4 is 0 Å². The maximum absolute atomic E-state index is 13.0. The molecule has 0 saturated carbocycles. The molecule has 1 aromatic heterocycles. The summed E-state index contributed by atoms with van der Waals surface area (Å²) in [5.74, 6) is 1.69. The van der Waals surface area contributed by atoms with E-state index in [-0.39, 0.29) is 5.82 Å². The molecule has 0 N–H and O–H groups in total. The van der Waals surface area contributed by atoms with Crippen molar-refractivity contribution in [2.24, 2.45) is 0 Å². The number of ether oxygens (including phenoxy) is 1. The molecule has 0 bridgehead atoms. The molecule has 0 saturated heterocycles. The Morgan fingerprint density at radius 3 is 2.59 bits per heavy atom. The minimum Gasteiger partial charge on any atom is -0.487 e. The van der Waals surface area contributed by atoms with Gasteiger partial charge in [-0.3, -0.25) is 0 Å². The van der Waals surface area contributed by atoms with Gasteiger partial charge in [0, 0.05) is 5.56 Å². The lowest BCUT2D eigenvalue weighted by Crippen LogP contribution is -1.97. The molecule has 112 valence electrons. The Balaban J connectivity index is 1.76. The minimum absolute atomic E-state index is 0.282. The van der Waals surface area contributed by atoms with Crippen molar-refractivity contribution in [2.75, 3.05) is 0 Å². The fourth-order valence-electron chi connectivity index (χ4n) is 2.13. The van der Waals surface area contributed by atoms with E-state index in [0.717, 1.165) is 22.6 Å². The van der Waals surface area contributed by atoms with Crippen molar-refractivity contribution in [3.63, 3.8) is 0 Å². The van der Waals surface area contributed by atoms with Gasteiger partial charge >= 0.3 is 0 Å². The van der Waals surface area contributed by atoms with Crippen LogP contribution < -0.4 is 4.74 Å². The van der Waals surface area contributed by atoms with E-state index in [0.29, 0.717) is 18.3 Å². The van der Waals surface area contributed by atoms with Crippen LogP contribution in [0.15, 0.2) is 52.9 Å². The van der Waals surface area contributed by atoms with Crippen molar-refractivity contribution in [3.05, 3.63) is 71.4 Å². The van der Waals surface area contributed by atoms with E-state index >= 15 is 0 Å². The highest BCUT2D eigenvalue weighted by molar-refractivity contribution is 5.53. The van der Waals surface area contributed by atoms with Crippen LogP contribution in [0.1, 0.15) is 17.0 Å². The van der Waals surface area contributed by atoms with Gasteiger partial charge in [0.2, 0.25) is 5.89 Å². The van der Waals surface area contributed by atoms with Gasteiger partial charge in [-0.05, 0) is 55.8 Å². The summed E-state index contributed by atoms with van der Waals surface area (Å²) in [5, 5.41) is 0. The monoisotopic (exact) mass is 297 g/mol. The van der Waals surface area contributed by atoms with Crippen molar-refractivity contribution in [1.29, 1.82) is 0 Å². The van der Waals surface area contributed by atoms with E-state index in [1.165, 1.54) is 12.1 Å². The van der Waals surface area contributed by atoms with Gasteiger partial charge in [-0.2, -0.15) is 0 Å². The van der Waals surface area contributed by atoms with E-state index in [1.54, 1.807) is 12.1 Å². The van der Waals surface area contributed by atoms with Gasteiger partial charge in [0.15, 0.2) is 0 Å². The molecule has 0 radical (unpaired) electrons. The maximum Gasteiger partial charge on any atom is 0.226 e. The van der Waals surface area contributed by atoms with Gasteiger partial charge in [-0.25, -0.2) is 9.37 Å². The minimum atomic E-state index is -0.282. The topological polar surface area (TPSA) is 35.3 Å². The van der Waals surface area contributed by atoms with E-state index in [2.05, 4.69) is 4.98 Å². The molecule has 3 nitrogen and oxygen atoms in total. The van der Waals surface area contributed by atoms with Gasteiger partial charge in [0.1, 0.15) is 29.6 Å². The van der Waals surface area contributed by atoms with Crippen molar-refractivity contribution in [3.8, 4) is 17.2 Å². The molecule has 0 amide bonds. The summed E-state index contributed by atoms with van der Waals surface area (Å²) in [7, 11) is 0. The lowest BCUT2D eigenvalue weighted by molar-refractivity contribution is 0.299. The van der Waals surface area contributed by atoms with E-state index in [1.807, 2.05) is 38.1 Å². The lowest BCUT2D eigenvalue weighted by Gasteiger charge is -2.04. The summed E-state index contributed by atoms with van der Waals surface area (Å²) in [6.07, 6.45) is 0. The van der Waals surface area contributed by atoms with Crippen LogP contribution in [0.4, 0.5) is 4.39 Å². The predicted octanol–water partition coefficient (Wildman–Crippen LogP) is 4.68. The zero-order chi connectivity index (χ0) is 15.5. The fraction of sp³-hybridized carbons (Fsp3) is 0.167. The van der Waals surface area contributed by atoms with Crippen molar-refractivity contribution in [1.82, 2.24) is 4.98 Å². The third-order valence-corrected chi connectivity index (χ3v) is 3.35. The molecular weight excluding hydrogens is 281 g/mol. The molecule has 0 aliphatic carbocycles. The number of benzene rings is 2. The molecule has 0 atom stereocenters. The number of hydrogen-bond donors (Lipinski definition) is 0. The average molecular weight is 297 g/mol. The molecule has 3 rings (SSSR count). The third kappa shape index (κ3) is 3.17. The Labute approximate surface area is 128 Å². The van der Waals surface area contributed by atoms with Crippen LogP contribution in [-0.4, -0.2) is 4.98 Å². The summed E-state index contributed by atoms with van der Waals surface area (Å²) in [6, 6.07) is 13.9. The number of oxazole rings is 1.